The van der Waals surface area contributed by atoms with Crippen LogP contribution in [0, 0.1) is 13.8 Å². The summed E-state index contributed by atoms with van der Waals surface area (Å²) in [7, 11) is 0. The predicted molar refractivity (Wildman–Crippen MR) is 66.5 cm³/mol. The number of carbonyl (C=O) groups excluding carboxylic acids is 1. The first-order chi connectivity index (χ1) is 7.47. The maximum Gasteiger partial charge on any atom is 0.338 e. The molecule has 0 radical (unpaired) electrons. The van der Waals surface area contributed by atoms with Gasteiger partial charge in [0.1, 0.15) is 5.75 Å². The van der Waals surface area contributed by atoms with Crippen LogP contribution in [0.2, 0.25) is 0 Å². The molecule has 1 aromatic carbocycles. The third-order valence-corrected chi connectivity index (χ3v) is 2.41. The lowest BCUT2D eigenvalue weighted by Crippen LogP contribution is -2.10. The molecule has 0 saturated carbocycles. The van der Waals surface area contributed by atoms with E-state index < -0.39 is 5.97 Å². The number of aryl methyl sites for hydroxylation is 1. The van der Waals surface area contributed by atoms with Crippen molar-refractivity contribution in [2.24, 2.45) is 0 Å². The highest BCUT2D eigenvalue weighted by Gasteiger charge is 2.12. The van der Waals surface area contributed by atoms with Crippen molar-refractivity contribution in [2.45, 2.75) is 20.8 Å². The second-order valence-electron chi connectivity index (χ2n) is 3.80. The molecule has 0 fully saturated rings. The monoisotopic (exact) mass is 216 g/mol. The van der Waals surface area contributed by atoms with Gasteiger partial charge in [-0.15, -0.1) is 0 Å². The molecule has 1 aromatic rings. The molecule has 1 rings (SSSR count). The second-order valence-corrected chi connectivity index (χ2v) is 3.80. The fourth-order valence-electron chi connectivity index (χ4n) is 1.40. The lowest BCUT2D eigenvalue weighted by Gasteiger charge is -2.12. The molecule has 0 heterocycles. The fraction of sp³-hybridized carbons (Fsp3) is 0.214. The Morgan fingerprint density at radius 1 is 1.38 bits per heavy atom. The van der Waals surface area contributed by atoms with Crippen LogP contribution >= 0.6 is 0 Å². The van der Waals surface area contributed by atoms with E-state index in [-0.39, 0.29) is 0 Å². The van der Waals surface area contributed by atoms with E-state index in [1.165, 1.54) is 0 Å². The van der Waals surface area contributed by atoms with Crippen molar-refractivity contribution in [3.63, 3.8) is 0 Å². The number of hydrogen-bond donors (Lipinski definition) is 0. The van der Waals surface area contributed by atoms with Crippen LogP contribution in [0.15, 0.2) is 30.9 Å². The Bertz CT molecular complexity index is 456. The summed E-state index contributed by atoms with van der Waals surface area (Å²) in [6, 6.07) is 3.86. The number of carbonyl (C=O) groups is 1. The van der Waals surface area contributed by atoms with Gasteiger partial charge in [0.05, 0.1) is 0 Å². The number of rotatable bonds is 3. The van der Waals surface area contributed by atoms with Crippen LogP contribution in [0.4, 0.5) is 0 Å². The summed E-state index contributed by atoms with van der Waals surface area (Å²) < 4.78 is 5.29. The van der Waals surface area contributed by atoms with E-state index in [4.69, 9.17) is 4.74 Å². The molecule has 0 aromatic heterocycles. The molecule has 0 atom stereocenters. The summed E-state index contributed by atoms with van der Waals surface area (Å²) in [5.74, 6) is 0.206. The lowest BCUT2D eigenvalue weighted by atomic mass is 10.0. The summed E-state index contributed by atoms with van der Waals surface area (Å²) in [5.41, 5.74) is 3.21. The van der Waals surface area contributed by atoms with Gasteiger partial charge in [-0.1, -0.05) is 31.4 Å². The van der Waals surface area contributed by atoms with Crippen LogP contribution in [0.3, 0.4) is 0 Å². The summed E-state index contributed by atoms with van der Waals surface area (Å²) in [4.78, 5) is 11.5. The van der Waals surface area contributed by atoms with E-state index in [1.807, 2.05) is 26.0 Å². The Morgan fingerprint density at radius 3 is 2.50 bits per heavy atom. The first kappa shape index (κ1) is 12.2. The van der Waals surface area contributed by atoms with Crippen molar-refractivity contribution < 1.29 is 9.53 Å². The number of hydrogen-bond acceptors (Lipinski definition) is 2. The van der Waals surface area contributed by atoms with Crippen molar-refractivity contribution in [3.05, 3.63) is 47.6 Å². The molecule has 0 saturated heterocycles. The minimum atomic E-state index is -0.396. The third-order valence-electron chi connectivity index (χ3n) is 2.41. The van der Waals surface area contributed by atoms with Gasteiger partial charge in [-0.25, -0.2) is 4.79 Å². The van der Waals surface area contributed by atoms with Crippen molar-refractivity contribution in [1.29, 1.82) is 0 Å². The Kier molecular flexibility index (Phi) is 3.67. The quantitative estimate of drug-likeness (QED) is 0.439. The second kappa shape index (κ2) is 4.79. The molecule has 0 spiro atoms. The Labute approximate surface area is 96.2 Å². The van der Waals surface area contributed by atoms with Gasteiger partial charge in [0.25, 0.3) is 0 Å². The Morgan fingerprint density at radius 2 is 2.00 bits per heavy atom. The average molecular weight is 216 g/mol. The van der Waals surface area contributed by atoms with E-state index in [0.29, 0.717) is 11.3 Å². The van der Waals surface area contributed by atoms with Gasteiger partial charge >= 0.3 is 5.97 Å². The molecule has 2 heteroatoms. The number of ether oxygens (including phenoxy) is 1. The van der Waals surface area contributed by atoms with Gasteiger partial charge in [0, 0.05) is 5.57 Å². The van der Waals surface area contributed by atoms with Crippen molar-refractivity contribution >= 4 is 12.0 Å². The van der Waals surface area contributed by atoms with Crippen LogP contribution < -0.4 is 4.74 Å². The van der Waals surface area contributed by atoms with Crippen LogP contribution in [-0.2, 0) is 4.79 Å². The van der Waals surface area contributed by atoms with E-state index in [9.17, 15) is 4.79 Å². The molecule has 0 aliphatic rings. The van der Waals surface area contributed by atoms with Gasteiger partial charge in [0.2, 0.25) is 0 Å². The maximum atomic E-state index is 11.5. The highest BCUT2D eigenvalue weighted by Crippen LogP contribution is 2.27. The third kappa shape index (κ3) is 2.40. The molecule has 2 nitrogen and oxygen atoms in total. The normalized spacial score (nSPS) is 9.69. The van der Waals surface area contributed by atoms with Gasteiger partial charge in [-0.3, -0.25) is 0 Å². The molecule has 0 N–H and O–H groups in total. The standard InChI is InChI=1S/C14H16O2/c1-6-12-8-7-10(4)13(11(12)5)16-14(15)9(2)3/h6-8H,1-2H2,3-5H3. The molecule has 0 aliphatic heterocycles. The number of esters is 1. The first-order valence-electron chi connectivity index (χ1n) is 5.07. The van der Waals surface area contributed by atoms with Crippen LogP contribution in [0.25, 0.3) is 6.08 Å². The highest BCUT2D eigenvalue weighted by atomic mass is 16.5. The zero-order chi connectivity index (χ0) is 12.3. The largest absolute Gasteiger partial charge is 0.423 e. The van der Waals surface area contributed by atoms with Gasteiger partial charge in [-0.2, -0.15) is 0 Å². The molecule has 16 heavy (non-hydrogen) atoms. The average Bonchev–Trinajstić information content (AvgIpc) is 2.24. The Hall–Kier alpha value is -1.83. The van der Waals surface area contributed by atoms with E-state index in [2.05, 4.69) is 13.2 Å². The zero-order valence-electron chi connectivity index (χ0n) is 9.96. The minimum Gasteiger partial charge on any atom is -0.423 e. The van der Waals surface area contributed by atoms with Crippen molar-refractivity contribution in [1.82, 2.24) is 0 Å². The van der Waals surface area contributed by atoms with Gasteiger partial charge in [-0.05, 0) is 37.5 Å². The molecule has 0 aliphatic carbocycles. The molecular weight excluding hydrogens is 200 g/mol. The van der Waals surface area contributed by atoms with Crippen molar-refractivity contribution in [3.8, 4) is 5.75 Å². The van der Waals surface area contributed by atoms with Crippen LogP contribution in [0.1, 0.15) is 23.6 Å². The predicted octanol–water partition coefficient (Wildman–Crippen LogP) is 3.43. The molecule has 0 bridgehead atoms. The topological polar surface area (TPSA) is 26.3 Å². The summed E-state index contributed by atoms with van der Waals surface area (Å²) in [6.07, 6.45) is 1.74. The van der Waals surface area contributed by atoms with E-state index in [0.717, 1.165) is 16.7 Å². The van der Waals surface area contributed by atoms with Gasteiger partial charge < -0.3 is 4.74 Å². The van der Waals surface area contributed by atoms with Crippen LogP contribution in [0.5, 0.6) is 5.75 Å². The van der Waals surface area contributed by atoms with E-state index in [1.54, 1.807) is 13.0 Å². The SMILES string of the molecule is C=Cc1ccc(C)c(OC(=O)C(=C)C)c1C. The molecule has 0 amide bonds. The molecular formula is C14H16O2. The zero-order valence-corrected chi connectivity index (χ0v) is 9.96. The summed E-state index contributed by atoms with van der Waals surface area (Å²) in [5, 5.41) is 0. The summed E-state index contributed by atoms with van der Waals surface area (Å²) >= 11 is 0. The maximum absolute atomic E-state index is 11.5. The lowest BCUT2D eigenvalue weighted by molar-refractivity contribution is -0.130. The molecule has 84 valence electrons. The smallest absolute Gasteiger partial charge is 0.338 e. The first-order valence-corrected chi connectivity index (χ1v) is 5.07. The van der Waals surface area contributed by atoms with Gasteiger partial charge in [0.15, 0.2) is 0 Å². The summed E-state index contributed by atoms with van der Waals surface area (Å²) in [6.45, 7) is 12.7. The van der Waals surface area contributed by atoms with E-state index >= 15 is 0 Å². The Balaban J connectivity index is 3.17. The fourth-order valence-corrected chi connectivity index (χ4v) is 1.40. The minimum absolute atomic E-state index is 0.391. The van der Waals surface area contributed by atoms with Crippen LogP contribution in [-0.4, -0.2) is 5.97 Å². The van der Waals surface area contributed by atoms with Crippen molar-refractivity contribution in [2.75, 3.05) is 0 Å². The molecule has 0 unspecified atom stereocenters. The highest BCUT2D eigenvalue weighted by molar-refractivity contribution is 5.89. The number of benzene rings is 1.